The molecule has 0 atom stereocenters. The summed E-state index contributed by atoms with van der Waals surface area (Å²) in [5.41, 5.74) is -0.464. The lowest BCUT2D eigenvalue weighted by atomic mass is 10.1. The molecule has 0 bridgehead atoms. The lowest BCUT2D eigenvalue weighted by Gasteiger charge is -2.08. The molecule has 1 aromatic carbocycles. The van der Waals surface area contributed by atoms with Crippen LogP contribution in [0.2, 0.25) is 6.04 Å². The third kappa shape index (κ3) is 3.99. The molecule has 0 nitrogen and oxygen atoms in total. The zero-order chi connectivity index (χ0) is 11.5. The topological polar surface area (TPSA) is 0 Å². The zero-order valence-corrected chi connectivity index (χ0v) is 8.85. The van der Waals surface area contributed by atoms with Gasteiger partial charge in [0.05, 0.1) is 5.56 Å². The van der Waals surface area contributed by atoms with E-state index in [1.807, 2.05) is 0 Å². The number of hydrogen-bond acceptors (Lipinski definition) is 0. The maximum absolute atomic E-state index is 12.2. The number of halogens is 5. The second-order valence-corrected chi connectivity index (χ2v) is 4.49. The van der Waals surface area contributed by atoms with Gasteiger partial charge in [-0.1, -0.05) is 18.2 Å². The first-order chi connectivity index (χ1) is 6.89. The molecule has 0 saturated carbocycles. The summed E-state index contributed by atoms with van der Waals surface area (Å²) in [6, 6.07) is 4.26. The Morgan fingerprint density at radius 1 is 1.13 bits per heavy atom. The molecule has 0 amide bonds. The first-order valence-corrected chi connectivity index (χ1v) is 6.03. The fraction of sp³-hybridized carbons (Fsp3) is 0.333. The van der Waals surface area contributed by atoms with Gasteiger partial charge in [0.15, 0.2) is 0 Å². The van der Waals surface area contributed by atoms with Gasteiger partial charge in [0.25, 0.3) is 0 Å². The highest BCUT2D eigenvalue weighted by Crippen LogP contribution is 2.29. The molecule has 1 aromatic rings. The van der Waals surface area contributed by atoms with E-state index in [1.54, 1.807) is 0 Å². The van der Waals surface area contributed by atoms with Gasteiger partial charge in [-0.3, -0.25) is 8.22 Å². The molecule has 6 heteroatoms. The summed E-state index contributed by atoms with van der Waals surface area (Å²) >= 11 is 0. The van der Waals surface area contributed by atoms with Crippen molar-refractivity contribution in [3.63, 3.8) is 0 Å². The van der Waals surface area contributed by atoms with Crippen molar-refractivity contribution >= 4 is 9.46 Å². The molecule has 0 aliphatic carbocycles. The van der Waals surface area contributed by atoms with Crippen LogP contribution >= 0.6 is 0 Å². The van der Waals surface area contributed by atoms with E-state index in [9.17, 15) is 21.4 Å². The summed E-state index contributed by atoms with van der Waals surface area (Å²) in [4.78, 5) is 0. The first kappa shape index (κ1) is 12.2. The van der Waals surface area contributed by atoms with Crippen molar-refractivity contribution in [1.29, 1.82) is 0 Å². The van der Waals surface area contributed by atoms with Crippen LogP contribution in [0.4, 0.5) is 21.4 Å². The van der Waals surface area contributed by atoms with Gasteiger partial charge in [-0.2, -0.15) is 13.2 Å². The predicted octanol–water partition coefficient (Wildman–Crippen LogP) is 3.41. The zero-order valence-electron chi connectivity index (χ0n) is 7.69. The Hall–Kier alpha value is -0.913. The summed E-state index contributed by atoms with van der Waals surface area (Å²) in [7, 11) is -3.68. The monoisotopic (exact) mass is 240 g/mol. The van der Waals surface area contributed by atoms with E-state index in [0.717, 1.165) is 12.1 Å². The molecule has 0 radical (unpaired) electrons. The van der Waals surface area contributed by atoms with Crippen LogP contribution in [-0.2, 0) is 12.6 Å². The Labute approximate surface area is 85.7 Å². The normalized spacial score (nSPS) is 12.1. The third-order valence-electron chi connectivity index (χ3n) is 1.91. The largest absolute Gasteiger partial charge is 0.416 e. The minimum atomic E-state index is -4.40. The third-order valence-corrected chi connectivity index (χ3v) is 2.63. The van der Waals surface area contributed by atoms with Crippen molar-refractivity contribution in [3.05, 3.63) is 35.4 Å². The predicted molar refractivity (Wildman–Crippen MR) is 49.3 cm³/mol. The van der Waals surface area contributed by atoms with Crippen molar-refractivity contribution in [3.8, 4) is 0 Å². The second kappa shape index (κ2) is 4.74. The molecule has 0 aliphatic heterocycles. The molecule has 1 rings (SSSR count). The van der Waals surface area contributed by atoms with E-state index in [0.29, 0.717) is 5.56 Å². The number of aryl methyl sites for hydroxylation is 1. The molecule has 84 valence electrons. The standard InChI is InChI=1S/C9H9F5Si/c10-9(11,12)8-3-1-2-7(6-8)4-5-15(13)14/h1-3,6,15H,4-5H2. The summed E-state index contributed by atoms with van der Waals surface area (Å²) in [5, 5.41) is 0. The molecule has 0 aromatic heterocycles. The number of benzene rings is 1. The average Bonchev–Trinajstić information content (AvgIpc) is 2.14. The molecule has 0 saturated heterocycles. The lowest BCUT2D eigenvalue weighted by Crippen LogP contribution is -2.06. The van der Waals surface area contributed by atoms with E-state index in [2.05, 4.69) is 0 Å². The van der Waals surface area contributed by atoms with Crippen molar-refractivity contribution < 1.29 is 21.4 Å². The summed E-state index contributed by atoms with van der Waals surface area (Å²) < 4.78 is 60.6. The molecule has 0 N–H and O–H groups in total. The van der Waals surface area contributed by atoms with Crippen LogP contribution < -0.4 is 0 Å². The minimum absolute atomic E-state index is 0.0216. The Balaban J connectivity index is 2.75. The van der Waals surface area contributed by atoms with Crippen LogP contribution in [-0.4, -0.2) is 9.46 Å². The van der Waals surface area contributed by atoms with Gasteiger partial charge in [-0.15, -0.1) is 0 Å². The van der Waals surface area contributed by atoms with Gasteiger partial charge >= 0.3 is 15.6 Å². The van der Waals surface area contributed by atoms with Gasteiger partial charge in [0.2, 0.25) is 0 Å². The molecule has 0 unspecified atom stereocenters. The van der Waals surface area contributed by atoms with Crippen LogP contribution in [0.1, 0.15) is 11.1 Å². The number of alkyl halides is 3. The Morgan fingerprint density at radius 2 is 1.80 bits per heavy atom. The van der Waals surface area contributed by atoms with Crippen LogP contribution in [0.5, 0.6) is 0 Å². The average molecular weight is 240 g/mol. The van der Waals surface area contributed by atoms with Crippen LogP contribution in [0.15, 0.2) is 24.3 Å². The maximum Gasteiger partial charge on any atom is 0.416 e. The molecular weight excluding hydrogens is 231 g/mol. The number of rotatable bonds is 3. The summed E-state index contributed by atoms with van der Waals surface area (Å²) in [6.07, 6.45) is -4.38. The SMILES string of the molecule is F[SiH](F)CCc1cccc(C(F)(F)F)c1. The van der Waals surface area contributed by atoms with E-state index in [1.165, 1.54) is 12.1 Å². The van der Waals surface area contributed by atoms with Crippen LogP contribution in [0.3, 0.4) is 0 Å². The van der Waals surface area contributed by atoms with E-state index >= 15 is 0 Å². The van der Waals surface area contributed by atoms with Crippen molar-refractivity contribution in [2.75, 3.05) is 0 Å². The minimum Gasteiger partial charge on any atom is -0.275 e. The smallest absolute Gasteiger partial charge is 0.275 e. The van der Waals surface area contributed by atoms with Crippen molar-refractivity contribution in [2.24, 2.45) is 0 Å². The molecule has 0 heterocycles. The van der Waals surface area contributed by atoms with Gasteiger partial charge in [0.1, 0.15) is 0 Å². The highest BCUT2D eigenvalue weighted by atomic mass is 28.4. The van der Waals surface area contributed by atoms with E-state index < -0.39 is 21.2 Å². The molecule has 0 fully saturated rings. The van der Waals surface area contributed by atoms with E-state index in [4.69, 9.17) is 0 Å². The Kier molecular flexibility index (Phi) is 3.84. The molecular formula is C9H9F5Si. The Morgan fingerprint density at radius 3 is 2.33 bits per heavy atom. The van der Waals surface area contributed by atoms with Crippen LogP contribution in [0, 0.1) is 0 Å². The maximum atomic E-state index is 12.2. The first-order valence-electron chi connectivity index (χ1n) is 4.34. The van der Waals surface area contributed by atoms with Crippen molar-refractivity contribution in [1.82, 2.24) is 0 Å². The summed E-state index contributed by atoms with van der Waals surface area (Å²) in [6.45, 7) is 0. The highest BCUT2D eigenvalue weighted by Gasteiger charge is 2.30. The van der Waals surface area contributed by atoms with Gasteiger partial charge < -0.3 is 0 Å². The molecule has 0 spiro atoms. The highest BCUT2D eigenvalue weighted by molar-refractivity contribution is 6.42. The number of hydrogen-bond donors (Lipinski definition) is 0. The van der Waals surface area contributed by atoms with E-state index in [-0.39, 0.29) is 12.5 Å². The van der Waals surface area contributed by atoms with Gasteiger partial charge in [-0.25, -0.2) is 0 Å². The lowest BCUT2D eigenvalue weighted by molar-refractivity contribution is -0.137. The van der Waals surface area contributed by atoms with Crippen LogP contribution in [0.25, 0.3) is 0 Å². The van der Waals surface area contributed by atoms with Crippen molar-refractivity contribution in [2.45, 2.75) is 18.6 Å². The second-order valence-electron chi connectivity index (χ2n) is 3.13. The summed E-state index contributed by atoms with van der Waals surface area (Å²) in [5.74, 6) is 0. The quantitative estimate of drug-likeness (QED) is 0.431. The molecule has 15 heavy (non-hydrogen) atoms. The fourth-order valence-electron chi connectivity index (χ4n) is 1.18. The Bertz CT molecular complexity index is 321. The fourth-order valence-corrected chi connectivity index (χ4v) is 1.73. The molecule has 0 aliphatic rings. The van der Waals surface area contributed by atoms with Gasteiger partial charge in [0, 0.05) is 0 Å². The van der Waals surface area contributed by atoms with Gasteiger partial charge in [-0.05, 0) is 24.1 Å².